The molecule has 22 heavy (non-hydrogen) atoms. The Balaban J connectivity index is 2.30. The average Bonchev–Trinajstić information content (AvgIpc) is 2.50. The molecule has 2 N–H and O–H groups in total. The van der Waals surface area contributed by atoms with Crippen molar-refractivity contribution in [2.24, 2.45) is 0 Å². The third-order valence-electron chi connectivity index (χ3n) is 3.51. The van der Waals surface area contributed by atoms with Gasteiger partial charge in [-0.3, -0.25) is 0 Å². The molecule has 0 fully saturated rings. The summed E-state index contributed by atoms with van der Waals surface area (Å²) in [5.41, 5.74) is 0.976. The number of alkyl halides is 3. The van der Waals surface area contributed by atoms with E-state index in [4.69, 9.17) is 5.26 Å². The number of fused-ring (bicyclic) bond motifs is 1. The quantitative estimate of drug-likeness (QED) is 0.902. The second kappa shape index (κ2) is 6.24. The Morgan fingerprint density at radius 1 is 1.27 bits per heavy atom. The van der Waals surface area contributed by atoms with Crippen molar-refractivity contribution in [3.05, 3.63) is 42.0 Å². The fourth-order valence-electron chi connectivity index (χ4n) is 2.32. The third-order valence-corrected chi connectivity index (χ3v) is 3.51. The Labute approximate surface area is 126 Å². The summed E-state index contributed by atoms with van der Waals surface area (Å²) in [7, 11) is 0. The number of aliphatic hydroxyl groups is 1. The van der Waals surface area contributed by atoms with E-state index < -0.39 is 18.3 Å². The van der Waals surface area contributed by atoms with Gasteiger partial charge in [0.2, 0.25) is 0 Å². The first kappa shape index (κ1) is 16.1. The highest BCUT2D eigenvalue weighted by atomic mass is 19.4. The van der Waals surface area contributed by atoms with Gasteiger partial charge in [-0.05, 0) is 35.4 Å². The molecule has 2 aromatic carbocycles. The van der Waals surface area contributed by atoms with Gasteiger partial charge in [0.15, 0.2) is 6.10 Å². The van der Waals surface area contributed by atoms with Crippen LogP contribution in [0.2, 0.25) is 0 Å². The van der Waals surface area contributed by atoms with Crippen molar-refractivity contribution in [3.8, 4) is 6.07 Å². The van der Waals surface area contributed by atoms with E-state index >= 15 is 0 Å². The molecular formula is C16H15F3N2O. The van der Waals surface area contributed by atoms with Gasteiger partial charge in [-0.2, -0.15) is 18.4 Å². The molecule has 0 aliphatic carbocycles. The molecule has 2 atom stereocenters. The Bertz CT molecular complexity index is 707. The summed E-state index contributed by atoms with van der Waals surface area (Å²) in [6, 6.07) is 11.1. The fourth-order valence-corrected chi connectivity index (χ4v) is 2.32. The summed E-state index contributed by atoms with van der Waals surface area (Å²) >= 11 is 0. The van der Waals surface area contributed by atoms with Crippen LogP contribution in [0.3, 0.4) is 0 Å². The number of nitriles is 1. The molecule has 0 aliphatic heterocycles. The van der Waals surface area contributed by atoms with E-state index in [0.717, 1.165) is 10.8 Å². The lowest BCUT2D eigenvalue weighted by Gasteiger charge is -2.25. The smallest absolute Gasteiger partial charge is 0.382 e. The SMILES string of the molecule is CC[C@@H](Nc1ccc2c(C#N)cccc2c1)[C@H](O)C(F)(F)F. The minimum atomic E-state index is -4.67. The number of nitrogens with zero attached hydrogens (tertiary/aromatic N) is 1. The van der Waals surface area contributed by atoms with Crippen LogP contribution in [0.15, 0.2) is 36.4 Å². The van der Waals surface area contributed by atoms with E-state index in [2.05, 4.69) is 11.4 Å². The van der Waals surface area contributed by atoms with Crippen LogP contribution < -0.4 is 5.32 Å². The van der Waals surface area contributed by atoms with E-state index in [1.54, 1.807) is 43.3 Å². The van der Waals surface area contributed by atoms with Gasteiger partial charge in [-0.25, -0.2) is 0 Å². The van der Waals surface area contributed by atoms with Crippen LogP contribution >= 0.6 is 0 Å². The first-order valence-electron chi connectivity index (χ1n) is 6.81. The van der Waals surface area contributed by atoms with Gasteiger partial charge in [0.05, 0.1) is 17.7 Å². The van der Waals surface area contributed by atoms with E-state index in [1.807, 2.05) is 0 Å². The maximum Gasteiger partial charge on any atom is 0.416 e. The Morgan fingerprint density at radius 2 is 2.00 bits per heavy atom. The van der Waals surface area contributed by atoms with E-state index in [0.29, 0.717) is 11.3 Å². The lowest BCUT2D eigenvalue weighted by Crippen LogP contribution is -2.43. The molecule has 6 heteroatoms. The molecule has 0 saturated carbocycles. The van der Waals surface area contributed by atoms with Crippen LogP contribution in [0.4, 0.5) is 18.9 Å². The molecule has 0 unspecified atom stereocenters. The number of nitrogens with one attached hydrogen (secondary N) is 1. The van der Waals surface area contributed by atoms with Crippen LogP contribution in [0.25, 0.3) is 10.8 Å². The van der Waals surface area contributed by atoms with Crippen molar-refractivity contribution in [2.75, 3.05) is 5.32 Å². The maximum atomic E-state index is 12.6. The summed E-state index contributed by atoms with van der Waals surface area (Å²) in [5, 5.41) is 22.6. The van der Waals surface area contributed by atoms with Crippen molar-refractivity contribution in [1.82, 2.24) is 0 Å². The van der Waals surface area contributed by atoms with Gasteiger partial charge >= 0.3 is 6.18 Å². The summed E-state index contributed by atoms with van der Waals surface area (Å²) in [5.74, 6) is 0. The van der Waals surface area contributed by atoms with Crippen molar-refractivity contribution in [3.63, 3.8) is 0 Å². The van der Waals surface area contributed by atoms with Crippen LogP contribution in [-0.4, -0.2) is 23.4 Å². The highest BCUT2D eigenvalue weighted by Gasteiger charge is 2.42. The number of benzene rings is 2. The lowest BCUT2D eigenvalue weighted by atomic mass is 10.0. The van der Waals surface area contributed by atoms with Gasteiger partial charge in [-0.1, -0.05) is 25.1 Å². The number of anilines is 1. The lowest BCUT2D eigenvalue weighted by molar-refractivity contribution is -0.207. The number of rotatable bonds is 4. The Morgan fingerprint density at radius 3 is 2.59 bits per heavy atom. The number of hydrogen-bond acceptors (Lipinski definition) is 3. The second-order valence-electron chi connectivity index (χ2n) is 5.00. The highest BCUT2D eigenvalue weighted by Crippen LogP contribution is 2.27. The standard InChI is InChI=1S/C16H15F3N2O/c1-2-14(15(22)16(17,18)19)21-12-6-7-13-10(8-12)4-3-5-11(13)9-20/h3-8,14-15,21-22H,2H2,1H3/t14-,15+/m1/s1. The van der Waals surface area contributed by atoms with Gasteiger partial charge in [-0.15, -0.1) is 0 Å². The van der Waals surface area contributed by atoms with Crippen LogP contribution in [0.1, 0.15) is 18.9 Å². The highest BCUT2D eigenvalue weighted by molar-refractivity contribution is 5.90. The number of halogens is 3. The molecule has 2 aromatic rings. The monoisotopic (exact) mass is 308 g/mol. The molecule has 0 spiro atoms. The molecule has 0 bridgehead atoms. The summed E-state index contributed by atoms with van der Waals surface area (Å²) in [4.78, 5) is 0. The molecule has 0 radical (unpaired) electrons. The largest absolute Gasteiger partial charge is 0.416 e. The first-order valence-corrected chi connectivity index (χ1v) is 6.81. The zero-order chi connectivity index (χ0) is 16.3. The fraction of sp³-hybridized carbons (Fsp3) is 0.312. The number of aliphatic hydroxyl groups excluding tert-OH is 1. The Hall–Kier alpha value is -2.26. The minimum absolute atomic E-state index is 0.122. The molecule has 0 aromatic heterocycles. The van der Waals surface area contributed by atoms with Gasteiger partial charge < -0.3 is 10.4 Å². The number of hydrogen-bond donors (Lipinski definition) is 2. The average molecular weight is 308 g/mol. The molecule has 0 heterocycles. The molecule has 3 nitrogen and oxygen atoms in total. The van der Waals surface area contributed by atoms with Gasteiger partial charge in [0.25, 0.3) is 0 Å². The predicted octanol–water partition coefficient (Wildman–Crippen LogP) is 3.83. The first-order chi connectivity index (χ1) is 10.4. The zero-order valence-corrected chi connectivity index (χ0v) is 11.9. The second-order valence-corrected chi connectivity index (χ2v) is 5.00. The van der Waals surface area contributed by atoms with Crippen LogP contribution in [0.5, 0.6) is 0 Å². The van der Waals surface area contributed by atoms with Gasteiger partial charge in [0, 0.05) is 5.69 Å². The van der Waals surface area contributed by atoms with E-state index in [1.165, 1.54) is 0 Å². The normalized spacial score (nSPS) is 14.4. The molecule has 116 valence electrons. The predicted molar refractivity (Wildman–Crippen MR) is 78.4 cm³/mol. The summed E-state index contributed by atoms with van der Waals surface area (Å²) in [6.45, 7) is 1.57. The zero-order valence-electron chi connectivity index (χ0n) is 11.9. The molecular weight excluding hydrogens is 293 g/mol. The summed E-state index contributed by atoms with van der Waals surface area (Å²) in [6.07, 6.45) is -6.98. The minimum Gasteiger partial charge on any atom is -0.382 e. The third kappa shape index (κ3) is 3.31. The molecule has 0 saturated heterocycles. The van der Waals surface area contributed by atoms with Gasteiger partial charge in [0.1, 0.15) is 0 Å². The van der Waals surface area contributed by atoms with E-state index in [-0.39, 0.29) is 6.42 Å². The van der Waals surface area contributed by atoms with Crippen molar-refractivity contribution < 1.29 is 18.3 Å². The topological polar surface area (TPSA) is 56.0 Å². The summed E-state index contributed by atoms with van der Waals surface area (Å²) < 4.78 is 37.8. The van der Waals surface area contributed by atoms with E-state index in [9.17, 15) is 18.3 Å². The van der Waals surface area contributed by atoms with Crippen molar-refractivity contribution in [2.45, 2.75) is 31.7 Å². The molecule has 0 aliphatic rings. The van der Waals surface area contributed by atoms with Crippen molar-refractivity contribution >= 4 is 16.5 Å². The van der Waals surface area contributed by atoms with Crippen LogP contribution in [-0.2, 0) is 0 Å². The maximum absolute atomic E-state index is 12.6. The van der Waals surface area contributed by atoms with Crippen molar-refractivity contribution in [1.29, 1.82) is 5.26 Å². The molecule has 2 rings (SSSR count). The molecule has 0 amide bonds. The van der Waals surface area contributed by atoms with Crippen LogP contribution in [0, 0.1) is 11.3 Å². The Kier molecular flexibility index (Phi) is 4.57.